The van der Waals surface area contributed by atoms with Crippen molar-refractivity contribution in [3.05, 3.63) is 17.9 Å². The van der Waals surface area contributed by atoms with Crippen LogP contribution in [0.2, 0.25) is 0 Å². The molecule has 0 radical (unpaired) electrons. The maximum absolute atomic E-state index is 3.69. The van der Waals surface area contributed by atoms with Crippen molar-refractivity contribution in [3.63, 3.8) is 0 Å². The van der Waals surface area contributed by atoms with Gasteiger partial charge in [-0.3, -0.25) is 0 Å². The van der Waals surface area contributed by atoms with Crippen molar-refractivity contribution < 1.29 is 0 Å². The van der Waals surface area contributed by atoms with Crippen molar-refractivity contribution in [1.29, 1.82) is 0 Å². The van der Waals surface area contributed by atoms with E-state index >= 15 is 0 Å². The molecule has 0 nitrogen and oxygen atoms in total. The first-order chi connectivity index (χ1) is 7.13. The van der Waals surface area contributed by atoms with E-state index in [1.807, 2.05) is 0 Å². The Balaban J connectivity index is 3.62. The molecule has 0 saturated heterocycles. The quantitative estimate of drug-likeness (QED) is 0.472. The highest BCUT2D eigenvalue weighted by Crippen LogP contribution is 2.21. The molecule has 0 aromatic heterocycles. The summed E-state index contributed by atoms with van der Waals surface area (Å²) in [6.07, 6.45) is 8.01. The molecule has 0 amide bonds. The zero-order valence-corrected chi connectivity index (χ0v) is 11.1. The first-order valence-electron chi connectivity index (χ1n) is 6.49. The van der Waals surface area contributed by atoms with E-state index in [1.54, 1.807) is 0 Å². The number of allylic oxidation sites excluding steroid dienone is 1. The van der Waals surface area contributed by atoms with Crippen molar-refractivity contribution in [2.24, 2.45) is 11.8 Å². The molecular weight excluding hydrogens is 180 g/mol. The Morgan fingerprint density at radius 2 is 1.80 bits per heavy atom. The van der Waals surface area contributed by atoms with Crippen LogP contribution in [0, 0.1) is 11.8 Å². The Labute approximate surface area is 96.5 Å². The van der Waals surface area contributed by atoms with Gasteiger partial charge in [0.2, 0.25) is 0 Å². The van der Waals surface area contributed by atoms with E-state index in [9.17, 15) is 0 Å². The van der Waals surface area contributed by atoms with Crippen LogP contribution in [0.15, 0.2) is 17.9 Å². The van der Waals surface area contributed by atoms with E-state index in [1.165, 1.54) is 44.1 Å². The van der Waals surface area contributed by atoms with E-state index in [4.69, 9.17) is 0 Å². The fourth-order valence-corrected chi connectivity index (χ4v) is 2.15. The Bertz CT molecular complexity index is 192. The minimum absolute atomic E-state index is 0.800. The molecule has 1 unspecified atom stereocenters. The lowest BCUT2D eigenvalue weighted by Gasteiger charge is -2.14. The summed E-state index contributed by atoms with van der Waals surface area (Å²) < 4.78 is 0. The molecule has 0 aromatic carbocycles. The van der Waals surface area contributed by atoms with Gasteiger partial charge in [-0.1, -0.05) is 59.5 Å². The third kappa shape index (κ3) is 7.45. The summed E-state index contributed by atoms with van der Waals surface area (Å²) in [5.41, 5.74) is 4.29. The van der Waals surface area contributed by atoms with Crippen LogP contribution < -0.4 is 0 Å². The summed E-state index contributed by atoms with van der Waals surface area (Å²) in [5.74, 6) is 1.75. The van der Waals surface area contributed by atoms with Crippen molar-refractivity contribution in [2.75, 3.05) is 0 Å². The maximum Gasteiger partial charge on any atom is -0.0221 e. The van der Waals surface area contributed by atoms with Crippen molar-refractivity contribution in [1.82, 2.24) is 0 Å². The smallest absolute Gasteiger partial charge is 0.0221 e. The molecule has 0 heterocycles. The van der Waals surface area contributed by atoms with Crippen LogP contribution in [0.1, 0.15) is 66.2 Å². The Morgan fingerprint density at radius 1 is 1.20 bits per heavy atom. The van der Waals surface area contributed by atoms with E-state index in [0.29, 0.717) is 0 Å². The minimum Gasteiger partial charge on any atom is -0.130 e. The van der Waals surface area contributed by atoms with Crippen molar-refractivity contribution in [2.45, 2.75) is 66.2 Å². The predicted molar refractivity (Wildman–Crippen MR) is 70.0 cm³/mol. The molecule has 15 heavy (non-hydrogen) atoms. The summed E-state index contributed by atoms with van der Waals surface area (Å²) in [5, 5.41) is 0. The van der Waals surface area contributed by atoms with Crippen LogP contribution in [-0.2, 0) is 0 Å². The normalized spacial score (nSPS) is 12.6. The van der Waals surface area contributed by atoms with Crippen LogP contribution in [-0.4, -0.2) is 0 Å². The topological polar surface area (TPSA) is 0 Å². The molecule has 0 aliphatic heterocycles. The van der Waals surface area contributed by atoms with Gasteiger partial charge in [-0.15, -0.1) is 5.73 Å². The molecule has 0 bridgehead atoms. The van der Waals surface area contributed by atoms with Gasteiger partial charge in [0, 0.05) is 0 Å². The van der Waals surface area contributed by atoms with Crippen LogP contribution >= 0.6 is 0 Å². The Hall–Kier alpha value is -0.480. The molecule has 0 spiro atoms. The Kier molecular flexibility index (Phi) is 8.52. The van der Waals surface area contributed by atoms with Gasteiger partial charge >= 0.3 is 0 Å². The average Bonchev–Trinajstić information content (AvgIpc) is 2.24. The second-order valence-corrected chi connectivity index (χ2v) is 4.88. The van der Waals surface area contributed by atoms with Gasteiger partial charge in [0.1, 0.15) is 0 Å². The fraction of sp³-hybridized carbons (Fsp3) is 0.800. The average molecular weight is 208 g/mol. The van der Waals surface area contributed by atoms with E-state index < -0.39 is 0 Å². The standard InChI is InChI=1S/C15H28/c1-6-13(4)12-14(5)10-9-11-15(7-2)8-3/h14-15H,1,7-12H2,2-5H3. The van der Waals surface area contributed by atoms with Crippen LogP contribution in [0.3, 0.4) is 0 Å². The van der Waals surface area contributed by atoms with Gasteiger partial charge in [-0.25, -0.2) is 0 Å². The SMILES string of the molecule is C=C=C(C)CC(C)CCCC(CC)CC. The fourth-order valence-electron chi connectivity index (χ4n) is 2.15. The molecule has 88 valence electrons. The zero-order valence-electron chi connectivity index (χ0n) is 11.1. The zero-order chi connectivity index (χ0) is 11.7. The van der Waals surface area contributed by atoms with Gasteiger partial charge in [0.05, 0.1) is 0 Å². The van der Waals surface area contributed by atoms with Gasteiger partial charge in [0.15, 0.2) is 0 Å². The molecule has 0 fully saturated rings. The third-order valence-electron chi connectivity index (χ3n) is 3.42. The summed E-state index contributed by atoms with van der Waals surface area (Å²) in [6, 6.07) is 0. The maximum atomic E-state index is 3.69. The largest absolute Gasteiger partial charge is 0.130 e. The molecule has 0 rings (SSSR count). The highest BCUT2D eigenvalue weighted by atomic mass is 14.1. The van der Waals surface area contributed by atoms with Gasteiger partial charge < -0.3 is 0 Å². The molecule has 0 saturated carbocycles. The number of hydrogen-bond acceptors (Lipinski definition) is 0. The molecule has 0 aliphatic carbocycles. The van der Waals surface area contributed by atoms with E-state index in [0.717, 1.165) is 11.8 Å². The summed E-state index contributed by atoms with van der Waals surface area (Å²) >= 11 is 0. The molecule has 1 atom stereocenters. The van der Waals surface area contributed by atoms with Crippen LogP contribution in [0.5, 0.6) is 0 Å². The van der Waals surface area contributed by atoms with Crippen molar-refractivity contribution in [3.8, 4) is 0 Å². The van der Waals surface area contributed by atoms with Gasteiger partial charge in [-0.05, 0) is 30.8 Å². The predicted octanol–water partition coefficient (Wildman–Crippen LogP) is 5.35. The molecule has 0 aliphatic rings. The number of hydrogen-bond donors (Lipinski definition) is 0. The molecule has 0 heteroatoms. The first kappa shape index (κ1) is 14.5. The lowest BCUT2D eigenvalue weighted by atomic mass is 9.91. The van der Waals surface area contributed by atoms with E-state index in [2.05, 4.69) is 40.0 Å². The lowest BCUT2D eigenvalue weighted by molar-refractivity contribution is 0.402. The first-order valence-corrected chi connectivity index (χ1v) is 6.49. The highest BCUT2D eigenvalue weighted by molar-refractivity contribution is 4.95. The third-order valence-corrected chi connectivity index (χ3v) is 3.42. The molecular formula is C15H28. The van der Waals surface area contributed by atoms with E-state index in [-0.39, 0.29) is 0 Å². The van der Waals surface area contributed by atoms with Crippen LogP contribution in [0.4, 0.5) is 0 Å². The Morgan fingerprint density at radius 3 is 2.27 bits per heavy atom. The summed E-state index contributed by atoms with van der Waals surface area (Å²) in [6.45, 7) is 12.8. The number of rotatable bonds is 8. The second kappa shape index (κ2) is 8.80. The lowest BCUT2D eigenvalue weighted by Crippen LogP contribution is -2.00. The second-order valence-electron chi connectivity index (χ2n) is 4.88. The van der Waals surface area contributed by atoms with Crippen LogP contribution in [0.25, 0.3) is 0 Å². The summed E-state index contributed by atoms with van der Waals surface area (Å²) in [7, 11) is 0. The monoisotopic (exact) mass is 208 g/mol. The molecule has 0 N–H and O–H groups in total. The molecule has 0 aromatic rings. The van der Waals surface area contributed by atoms with Gasteiger partial charge in [-0.2, -0.15) is 0 Å². The summed E-state index contributed by atoms with van der Waals surface area (Å²) in [4.78, 5) is 0. The van der Waals surface area contributed by atoms with Gasteiger partial charge in [0.25, 0.3) is 0 Å². The minimum atomic E-state index is 0.800. The highest BCUT2D eigenvalue weighted by Gasteiger charge is 2.06. The van der Waals surface area contributed by atoms with Crippen molar-refractivity contribution >= 4 is 0 Å².